The van der Waals surface area contributed by atoms with Gasteiger partial charge in [0.15, 0.2) is 0 Å². The number of nitro groups is 1. The van der Waals surface area contributed by atoms with Crippen molar-refractivity contribution < 1.29 is 13.3 Å². The van der Waals surface area contributed by atoms with E-state index in [2.05, 4.69) is 26.0 Å². The number of nitrogens with zero attached hydrogens (tertiary/aromatic N) is 1. The lowest BCUT2D eigenvalue weighted by Crippen LogP contribution is -2.29. The number of sulfonamides is 1. The highest BCUT2D eigenvalue weighted by atomic mass is 79.9. The fraction of sp³-hybridized carbons (Fsp3) is 0.385. The molecule has 0 spiro atoms. The first kappa shape index (κ1) is 20.0. The van der Waals surface area contributed by atoms with E-state index in [9.17, 15) is 18.5 Å². The summed E-state index contributed by atoms with van der Waals surface area (Å²) in [6.07, 6.45) is 2.72. The number of hydrogen-bond acceptors (Lipinski definition) is 5. The van der Waals surface area contributed by atoms with E-state index >= 15 is 0 Å². The highest BCUT2D eigenvalue weighted by Gasteiger charge is 2.22. The normalized spacial score (nSPS) is 14.8. The summed E-state index contributed by atoms with van der Waals surface area (Å²) in [5, 5.41) is 14.2. The number of rotatable bonds is 5. The van der Waals surface area contributed by atoms with Gasteiger partial charge >= 0.3 is 0 Å². The summed E-state index contributed by atoms with van der Waals surface area (Å²) >= 11 is 3.17. The number of nitrogens with one attached hydrogen (secondary N) is 2. The van der Waals surface area contributed by atoms with Gasteiger partial charge in [-0.05, 0) is 26.0 Å². The summed E-state index contributed by atoms with van der Waals surface area (Å²) in [5.41, 5.74) is 1.17. The smallest absolute Gasteiger partial charge is 0.274 e. The van der Waals surface area contributed by atoms with Crippen LogP contribution in [0.25, 0.3) is 0 Å². The van der Waals surface area contributed by atoms with Crippen molar-refractivity contribution in [2.24, 2.45) is 0 Å². The molecule has 0 radical (unpaired) electrons. The minimum absolute atomic E-state index is 0. The molecule has 0 unspecified atom stereocenters. The fourth-order valence-corrected chi connectivity index (χ4v) is 3.77. The molecule has 10 heteroatoms. The molecule has 2 rings (SSSR count). The monoisotopic (exact) mass is 425 g/mol. The zero-order valence-corrected chi connectivity index (χ0v) is 15.6. The molecular formula is C13H17BrClN3O4S. The predicted octanol–water partition coefficient (Wildman–Crippen LogP) is 2.29. The van der Waals surface area contributed by atoms with Gasteiger partial charge in [0.25, 0.3) is 5.69 Å². The average Bonchev–Trinajstić information content (AvgIpc) is 2.48. The topological polar surface area (TPSA) is 101 Å². The maximum Gasteiger partial charge on any atom is 0.274 e. The second-order valence-electron chi connectivity index (χ2n) is 4.95. The van der Waals surface area contributed by atoms with Crippen molar-refractivity contribution in [2.75, 3.05) is 19.6 Å². The SMILES string of the molecule is Cc1c(Br)cc(S(=O)(=O)NCC2=CCNCC2)cc1[N+](=O)[O-].Cl. The van der Waals surface area contributed by atoms with Gasteiger partial charge in [0.05, 0.1) is 9.82 Å². The molecule has 0 aromatic heterocycles. The Morgan fingerprint density at radius 3 is 2.70 bits per heavy atom. The van der Waals surface area contributed by atoms with E-state index < -0.39 is 14.9 Å². The first-order chi connectivity index (χ1) is 10.3. The maximum atomic E-state index is 12.3. The van der Waals surface area contributed by atoms with Crippen LogP contribution in [0.4, 0.5) is 5.69 Å². The first-order valence-corrected chi connectivity index (χ1v) is 8.91. The van der Waals surface area contributed by atoms with Gasteiger partial charge in [0.1, 0.15) is 0 Å². The van der Waals surface area contributed by atoms with Crippen molar-refractivity contribution in [1.29, 1.82) is 0 Å². The molecule has 1 aromatic rings. The lowest BCUT2D eigenvalue weighted by atomic mass is 10.1. The fourth-order valence-electron chi connectivity index (χ4n) is 2.09. The zero-order valence-electron chi connectivity index (χ0n) is 12.3. The van der Waals surface area contributed by atoms with Crippen molar-refractivity contribution >= 4 is 44.0 Å². The highest BCUT2D eigenvalue weighted by Crippen LogP contribution is 2.29. The standard InChI is InChI=1S/C13H16BrN3O4S.ClH/c1-9-12(14)6-11(7-13(9)17(18)19)22(20,21)16-8-10-2-4-15-5-3-10;/h2,6-7,15-16H,3-5,8H2,1H3;1H. The summed E-state index contributed by atoms with van der Waals surface area (Å²) in [4.78, 5) is 10.3. The van der Waals surface area contributed by atoms with Gasteiger partial charge < -0.3 is 5.32 Å². The van der Waals surface area contributed by atoms with Crippen LogP contribution in [-0.2, 0) is 10.0 Å². The molecule has 1 aromatic carbocycles. The van der Waals surface area contributed by atoms with Crippen LogP contribution >= 0.6 is 28.3 Å². The van der Waals surface area contributed by atoms with Gasteiger partial charge in [-0.25, -0.2) is 13.1 Å². The third-order valence-electron chi connectivity index (χ3n) is 3.44. The second kappa shape index (κ2) is 8.20. The van der Waals surface area contributed by atoms with E-state index in [0.717, 1.165) is 31.1 Å². The molecule has 0 bridgehead atoms. The molecule has 7 nitrogen and oxygen atoms in total. The van der Waals surface area contributed by atoms with Crippen LogP contribution in [0.3, 0.4) is 0 Å². The molecule has 0 aliphatic carbocycles. The lowest BCUT2D eigenvalue weighted by molar-refractivity contribution is -0.385. The van der Waals surface area contributed by atoms with Crippen LogP contribution in [0.15, 0.2) is 33.2 Å². The van der Waals surface area contributed by atoms with Crippen LogP contribution in [0.1, 0.15) is 12.0 Å². The zero-order chi connectivity index (χ0) is 16.3. The Morgan fingerprint density at radius 1 is 1.43 bits per heavy atom. The number of nitro benzene ring substituents is 1. The molecule has 0 amide bonds. The van der Waals surface area contributed by atoms with Crippen molar-refractivity contribution in [2.45, 2.75) is 18.2 Å². The molecule has 128 valence electrons. The minimum atomic E-state index is -3.80. The third kappa shape index (κ3) is 4.98. The minimum Gasteiger partial charge on any atom is -0.313 e. The van der Waals surface area contributed by atoms with Gasteiger partial charge in [-0.3, -0.25) is 10.1 Å². The quantitative estimate of drug-likeness (QED) is 0.427. The van der Waals surface area contributed by atoms with E-state index in [1.165, 1.54) is 6.07 Å². The number of benzene rings is 1. The van der Waals surface area contributed by atoms with Crippen LogP contribution in [0.2, 0.25) is 0 Å². The van der Waals surface area contributed by atoms with Crippen LogP contribution in [-0.4, -0.2) is 33.0 Å². The Hall–Kier alpha value is -1.00. The van der Waals surface area contributed by atoms with Crippen molar-refractivity contribution in [3.63, 3.8) is 0 Å². The van der Waals surface area contributed by atoms with Gasteiger partial charge in [-0.1, -0.05) is 27.6 Å². The van der Waals surface area contributed by atoms with E-state index in [1.54, 1.807) is 6.92 Å². The molecule has 2 N–H and O–H groups in total. The van der Waals surface area contributed by atoms with Crippen LogP contribution < -0.4 is 10.0 Å². The maximum absolute atomic E-state index is 12.3. The van der Waals surface area contributed by atoms with Crippen molar-refractivity contribution in [1.82, 2.24) is 10.0 Å². The Labute approximate surface area is 149 Å². The Morgan fingerprint density at radius 2 is 2.13 bits per heavy atom. The van der Waals surface area contributed by atoms with Crippen LogP contribution in [0.5, 0.6) is 0 Å². The van der Waals surface area contributed by atoms with E-state index in [4.69, 9.17) is 0 Å². The molecule has 23 heavy (non-hydrogen) atoms. The highest BCUT2D eigenvalue weighted by molar-refractivity contribution is 9.10. The van der Waals surface area contributed by atoms with Crippen molar-refractivity contribution in [3.8, 4) is 0 Å². The second-order valence-corrected chi connectivity index (χ2v) is 7.57. The predicted molar refractivity (Wildman–Crippen MR) is 93.5 cm³/mol. The van der Waals surface area contributed by atoms with E-state index in [-0.39, 0.29) is 29.5 Å². The van der Waals surface area contributed by atoms with E-state index in [1.807, 2.05) is 6.08 Å². The molecular weight excluding hydrogens is 410 g/mol. The van der Waals surface area contributed by atoms with Gasteiger partial charge in [-0.2, -0.15) is 0 Å². The number of hydrogen-bond donors (Lipinski definition) is 2. The molecule has 0 saturated heterocycles. The molecule has 0 atom stereocenters. The molecule has 1 aliphatic heterocycles. The lowest BCUT2D eigenvalue weighted by Gasteiger charge is -2.15. The largest absolute Gasteiger partial charge is 0.313 e. The third-order valence-corrected chi connectivity index (χ3v) is 5.65. The molecule has 0 fully saturated rings. The number of halogens is 2. The van der Waals surface area contributed by atoms with Crippen molar-refractivity contribution in [3.05, 3.63) is 43.9 Å². The molecule has 0 saturated carbocycles. The Bertz CT molecular complexity index is 737. The Balaban J connectivity index is 0.00000264. The summed E-state index contributed by atoms with van der Waals surface area (Å²) < 4.78 is 27.5. The van der Waals surface area contributed by atoms with Gasteiger partial charge in [0.2, 0.25) is 10.0 Å². The Kier molecular flexibility index (Phi) is 7.15. The first-order valence-electron chi connectivity index (χ1n) is 6.64. The summed E-state index contributed by atoms with van der Waals surface area (Å²) in [5.74, 6) is 0. The summed E-state index contributed by atoms with van der Waals surface area (Å²) in [7, 11) is -3.80. The summed E-state index contributed by atoms with van der Waals surface area (Å²) in [6, 6.07) is 2.46. The van der Waals surface area contributed by atoms with Gasteiger partial charge in [0, 0.05) is 29.2 Å². The van der Waals surface area contributed by atoms with E-state index in [0.29, 0.717) is 10.0 Å². The average molecular weight is 427 g/mol. The summed E-state index contributed by atoms with van der Waals surface area (Å²) in [6.45, 7) is 3.31. The van der Waals surface area contributed by atoms with Crippen LogP contribution in [0, 0.1) is 17.0 Å². The molecule has 1 aliphatic rings. The van der Waals surface area contributed by atoms with Gasteiger partial charge in [-0.15, -0.1) is 12.4 Å². The molecule has 1 heterocycles.